The number of hydrogen-bond acceptors (Lipinski definition) is 0. The van der Waals surface area contributed by atoms with Crippen LogP contribution in [-0.4, -0.2) is 0 Å². The van der Waals surface area contributed by atoms with Gasteiger partial charge in [0.05, 0.1) is 0 Å². The summed E-state index contributed by atoms with van der Waals surface area (Å²) in [5, 5.41) is 0. The third-order valence-corrected chi connectivity index (χ3v) is 10.4. The first-order valence-electron chi connectivity index (χ1n) is 15.7. The average Bonchev–Trinajstić information content (AvgIpc) is 3.29. The Hall–Kier alpha value is -3.38. The van der Waals surface area contributed by atoms with Crippen LogP contribution in [-0.2, 0) is 32.1 Å². The second-order valence-electron chi connectivity index (χ2n) is 12.4. The Morgan fingerprint density at radius 2 is 1.73 bits per heavy atom. The molecule has 0 amide bonds. The predicted molar refractivity (Wildman–Crippen MR) is 172 cm³/mol. The zero-order chi connectivity index (χ0) is 27.4. The third kappa shape index (κ3) is 3.87. The first kappa shape index (κ1) is 25.6. The minimum Gasteiger partial charge on any atom is -0.102 e. The van der Waals surface area contributed by atoms with Crippen molar-refractivity contribution in [3.63, 3.8) is 0 Å². The lowest BCUT2D eigenvalue weighted by molar-refractivity contribution is 0.723. The fourth-order valence-electron chi connectivity index (χ4n) is 8.67. The highest BCUT2D eigenvalue weighted by atomic mass is 14.4. The monoisotopic (exact) mass is 522 g/mol. The van der Waals surface area contributed by atoms with Crippen molar-refractivity contribution in [1.82, 2.24) is 0 Å². The standard InChI is InChI=1S/C40H42/c1-5-26-22-29-17-11-10-16-27(29)15-9-8-14-25(4)38-30(6-2)34-23-36-32-20-12-18-28-19-13-21-33(39(28)32)37(36)24-35(34)31(7-3)40(26)38/h5,10-14,16-19,21,23,26,32,37H,1,6-9,15,20,22,24H2,2-4H3/b25-14+. The van der Waals surface area contributed by atoms with Crippen LogP contribution in [0.2, 0.25) is 0 Å². The molecule has 0 bridgehead atoms. The van der Waals surface area contributed by atoms with Crippen molar-refractivity contribution < 1.29 is 0 Å². The van der Waals surface area contributed by atoms with Crippen LogP contribution in [0.3, 0.4) is 0 Å². The summed E-state index contributed by atoms with van der Waals surface area (Å²) in [7, 11) is 0. The van der Waals surface area contributed by atoms with E-state index in [9.17, 15) is 0 Å². The van der Waals surface area contributed by atoms with E-state index in [1.54, 1.807) is 44.5 Å². The van der Waals surface area contributed by atoms with Gasteiger partial charge >= 0.3 is 0 Å². The van der Waals surface area contributed by atoms with Crippen molar-refractivity contribution in [3.05, 3.63) is 134 Å². The molecular weight excluding hydrogens is 480 g/mol. The number of fused-ring (bicyclic) bond motifs is 6. The van der Waals surface area contributed by atoms with Crippen LogP contribution in [0.4, 0.5) is 0 Å². The van der Waals surface area contributed by atoms with Gasteiger partial charge in [-0.15, -0.1) is 6.58 Å². The van der Waals surface area contributed by atoms with Gasteiger partial charge in [0.1, 0.15) is 0 Å². The topological polar surface area (TPSA) is 0 Å². The zero-order valence-electron chi connectivity index (χ0n) is 24.5. The van der Waals surface area contributed by atoms with Gasteiger partial charge in [-0.05, 0) is 125 Å². The lowest BCUT2D eigenvalue weighted by atomic mass is 9.70. The number of hydrogen-bond donors (Lipinski definition) is 0. The first-order chi connectivity index (χ1) is 19.6. The molecule has 4 aliphatic carbocycles. The Bertz CT molecular complexity index is 1600. The second kappa shape index (κ2) is 10.2. The van der Waals surface area contributed by atoms with E-state index in [0.717, 1.165) is 44.9 Å². The molecule has 0 heteroatoms. The number of benzene rings is 3. The Labute approximate surface area is 241 Å². The Kier molecular flexibility index (Phi) is 6.54. The summed E-state index contributed by atoms with van der Waals surface area (Å²) in [5.41, 5.74) is 20.3. The number of rotatable bonds is 3. The quantitative estimate of drug-likeness (QED) is 0.300. The van der Waals surface area contributed by atoms with Crippen molar-refractivity contribution in [3.8, 4) is 0 Å². The maximum Gasteiger partial charge on any atom is 0.0102 e. The lowest BCUT2D eigenvalue weighted by Gasteiger charge is -2.33. The molecule has 3 unspecified atom stereocenters. The van der Waals surface area contributed by atoms with Gasteiger partial charge in [-0.1, -0.05) is 92.3 Å². The van der Waals surface area contributed by atoms with E-state index in [0.29, 0.717) is 17.8 Å². The normalized spacial score (nSPS) is 23.8. The Morgan fingerprint density at radius 1 is 0.900 bits per heavy atom. The van der Waals surface area contributed by atoms with E-state index >= 15 is 0 Å². The van der Waals surface area contributed by atoms with Crippen molar-refractivity contribution in [2.24, 2.45) is 0 Å². The van der Waals surface area contributed by atoms with Crippen LogP contribution in [0.15, 0.2) is 72.8 Å². The largest absolute Gasteiger partial charge is 0.102 e. The molecule has 40 heavy (non-hydrogen) atoms. The van der Waals surface area contributed by atoms with Gasteiger partial charge in [0, 0.05) is 17.8 Å². The summed E-state index contributed by atoms with van der Waals surface area (Å²) in [6.45, 7) is 11.6. The van der Waals surface area contributed by atoms with Crippen molar-refractivity contribution in [2.75, 3.05) is 0 Å². The third-order valence-electron chi connectivity index (χ3n) is 10.4. The molecule has 4 aliphatic rings. The minimum absolute atomic E-state index is 0.315. The molecule has 7 rings (SSSR count). The van der Waals surface area contributed by atoms with E-state index < -0.39 is 0 Å². The highest BCUT2D eigenvalue weighted by Gasteiger charge is 2.41. The molecule has 0 radical (unpaired) electrons. The summed E-state index contributed by atoms with van der Waals surface area (Å²) in [4.78, 5) is 0. The molecule has 3 atom stereocenters. The fraction of sp³-hybridized carbons (Fsp3) is 0.350. The SMILES string of the molecule is C=CC1Cc2ccccc2CCC/C=C(\C)c2c(CC)c3c(c(CC)c21)CC1C(=C3)C2CC=Cc3cccc1c32. The number of aryl methyl sites for hydroxylation is 1. The van der Waals surface area contributed by atoms with E-state index in [1.165, 1.54) is 34.2 Å². The Morgan fingerprint density at radius 3 is 2.52 bits per heavy atom. The molecule has 0 heterocycles. The van der Waals surface area contributed by atoms with Gasteiger partial charge in [-0.25, -0.2) is 0 Å². The lowest BCUT2D eigenvalue weighted by Crippen LogP contribution is -2.19. The van der Waals surface area contributed by atoms with Crippen LogP contribution < -0.4 is 0 Å². The molecular formula is C40H42. The maximum absolute atomic E-state index is 4.46. The molecule has 0 aliphatic heterocycles. The zero-order valence-corrected chi connectivity index (χ0v) is 24.5. The van der Waals surface area contributed by atoms with Crippen molar-refractivity contribution in [1.29, 1.82) is 0 Å². The summed E-state index contributed by atoms with van der Waals surface area (Å²) < 4.78 is 0. The number of allylic oxidation sites excluding steroid dienone is 5. The molecule has 0 N–H and O–H groups in total. The molecule has 0 aromatic heterocycles. The second-order valence-corrected chi connectivity index (χ2v) is 12.4. The van der Waals surface area contributed by atoms with Gasteiger partial charge in [0.25, 0.3) is 0 Å². The Balaban J connectivity index is 1.49. The predicted octanol–water partition coefficient (Wildman–Crippen LogP) is 10.3. The van der Waals surface area contributed by atoms with E-state index in [2.05, 4.69) is 100 Å². The molecule has 0 saturated heterocycles. The molecule has 0 fully saturated rings. The van der Waals surface area contributed by atoms with Gasteiger partial charge in [-0.2, -0.15) is 0 Å². The van der Waals surface area contributed by atoms with Crippen LogP contribution in [0.5, 0.6) is 0 Å². The molecule has 202 valence electrons. The van der Waals surface area contributed by atoms with E-state index in [-0.39, 0.29) is 0 Å². The van der Waals surface area contributed by atoms with Crippen LogP contribution in [0.25, 0.3) is 17.7 Å². The van der Waals surface area contributed by atoms with E-state index in [4.69, 9.17) is 0 Å². The highest BCUT2D eigenvalue weighted by Crippen LogP contribution is 2.56. The molecule has 0 saturated carbocycles. The highest BCUT2D eigenvalue weighted by molar-refractivity contribution is 5.82. The molecule has 0 nitrogen and oxygen atoms in total. The van der Waals surface area contributed by atoms with Crippen LogP contribution in [0.1, 0.15) is 119 Å². The van der Waals surface area contributed by atoms with Gasteiger partial charge in [-0.3, -0.25) is 0 Å². The van der Waals surface area contributed by atoms with Gasteiger partial charge in [0.15, 0.2) is 0 Å². The minimum atomic E-state index is 0.315. The molecule has 3 aromatic carbocycles. The van der Waals surface area contributed by atoms with Crippen molar-refractivity contribution in [2.45, 2.75) is 89.9 Å². The van der Waals surface area contributed by atoms with Crippen molar-refractivity contribution >= 4 is 17.7 Å². The summed E-state index contributed by atoms with van der Waals surface area (Å²) in [6, 6.07) is 16.2. The summed E-state index contributed by atoms with van der Waals surface area (Å²) in [5.74, 6) is 1.38. The smallest absolute Gasteiger partial charge is 0.0102 e. The van der Waals surface area contributed by atoms with Gasteiger partial charge < -0.3 is 0 Å². The molecule has 3 aromatic rings. The van der Waals surface area contributed by atoms with Gasteiger partial charge in [0.2, 0.25) is 0 Å². The summed E-state index contributed by atoms with van der Waals surface area (Å²) >= 11 is 0. The average molecular weight is 523 g/mol. The first-order valence-corrected chi connectivity index (χ1v) is 15.7. The maximum atomic E-state index is 4.46. The summed E-state index contributed by atoms with van der Waals surface area (Å²) in [6.07, 6.45) is 21.2. The van der Waals surface area contributed by atoms with E-state index in [1.807, 2.05) is 0 Å². The van der Waals surface area contributed by atoms with Crippen LogP contribution in [0, 0.1) is 0 Å². The van der Waals surface area contributed by atoms with Crippen LogP contribution >= 0.6 is 0 Å². The fourth-order valence-corrected chi connectivity index (χ4v) is 8.67. The molecule has 0 spiro atoms.